The largest absolute Gasteiger partial charge is 0.497 e. The predicted molar refractivity (Wildman–Crippen MR) is 90.5 cm³/mol. The van der Waals surface area contributed by atoms with Gasteiger partial charge < -0.3 is 9.47 Å². The van der Waals surface area contributed by atoms with Crippen LogP contribution in [0.5, 0.6) is 11.5 Å². The second-order valence-corrected chi connectivity index (χ2v) is 6.44. The molecule has 0 heterocycles. The van der Waals surface area contributed by atoms with E-state index in [1.54, 1.807) is 7.11 Å². The van der Waals surface area contributed by atoms with Gasteiger partial charge >= 0.3 is 0 Å². The molecule has 1 aromatic carbocycles. The Hall–Kier alpha value is -0.890. The number of benzene rings is 1. The molecule has 0 aliphatic heterocycles. The first kappa shape index (κ1) is 18.2. The number of hydrogen-bond acceptors (Lipinski definition) is 2. The second-order valence-electron chi connectivity index (χ2n) is 6.17. The van der Waals surface area contributed by atoms with Gasteiger partial charge in [-0.25, -0.2) is 0 Å². The van der Waals surface area contributed by atoms with Crippen LogP contribution in [0, 0.1) is 11.8 Å². The summed E-state index contributed by atoms with van der Waals surface area (Å²) in [7, 11) is 1.66. The first-order chi connectivity index (χ1) is 10.1. The van der Waals surface area contributed by atoms with Crippen molar-refractivity contribution in [3.63, 3.8) is 0 Å². The van der Waals surface area contributed by atoms with Gasteiger partial charge in [-0.05, 0) is 36.5 Å². The molecule has 3 heteroatoms. The van der Waals surface area contributed by atoms with E-state index in [-0.39, 0.29) is 0 Å². The van der Waals surface area contributed by atoms with Crippen molar-refractivity contribution in [2.75, 3.05) is 13.7 Å². The molecule has 0 aliphatic carbocycles. The Balaban J connectivity index is 2.34. The van der Waals surface area contributed by atoms with E-state index in [0.29, 0.717) is 11.8 Å². The van der Waals surface area contributed by atoms with E-state index in [0.717, 1.165) is 36.0 Å². The van der Waals surface area contributed by atoms with Crippen LogP contribution in [0.25, 0.3) is 0 Å². The number of halogens is 1. The summed E-state index contributed by atoms with van der Waals surface area (Å²) in [5.74, 6) is 3.65. The summed E-state index contributed by atoms with van der Waals surface area (Å²) < 4.78 is 11.1. The average Bonchev–Trinajstić information content (AvgIpc) is 2.47. The zero-order chi connectivity index (χ0) is 15.7. The van der Waals surface area contributed by atoms with Gasteiger partial charge in [0.25, 0.3) is 0 Å². The summed E-state index contributed by atoms with van der Waals surface area (Å²) in [6.45, 7) is 7.62. The summed E-state index contributed by atoms with van der Waals surface area (Å²) in [6, 6.07) is 5.80. The molecule has 2 nitrogen and oxygen atoms in total. The normalized spacial score (nSPS) is 12.5. The molecule has 0 radical (unpaired) electrons. The van der Waals surface area contributed by atoms with Crippen molar-refractivity contribution in [1.29, 1.82) is 0 Å². The van der Waals surface area contributed by atoms with Crippen LogP contribution >= 0.6 is 11.6 Å². The molecule has 0 saturated heterocycles. The van der Waals surface area contributed by atoms with Gasteiger partial charge in [0.05, 0.1) is 19.6 Å². The number of hydrogen-bond donors (Lipinski definition) is 0. The van der Waals surface area contributed by atoms with Gasteiger partial charge in [-0.1, -0.05) is 40.0 Å². The Labute approximate surface area is 134 Å². The highest BCUT2D eigenvalue weighted by Gasteiger charge is 2.07. The quantitative estimate of drug-likeness (QED) is 0.518. The molecule has 0 fully saturated rings. The van der Waals surface area contributed by atoms with E-state index in [9.17, 15) is 0 Å². The Morgan fingerprint density at radius 2 is 1.86 bits per heavy atom. The lowest BCUT2D eigenvalue weighted by molar-refractivity contribution is 0.273. The van der Waals surface area contributed by atoms with Crippen molar-refractivity contribution in [1.82, 2.24) is 0 Å². The lowest BCUT2D eigenvalue weighted by Crippen LogP contribution is -2.06. The van der Waals surface area contributed by atoms with Gasteiger partial charge in [-0.15, -0.1) is 11.6 Å². The van der Waals surface area contributed by atoms with Crippen LogP contribution in [-0.2, 0) is 5.88 Å². The molecule has 1 atom stereocenters. The highest BCUT2D eigenvalue weighted by molar-refractivity contribution is 6.17. The molecule has 1 aromatic rings. The zero-order valence-electron chi connectivity index (χ0n) is 13.8. The van der Waals surface area contributed by atoms with E-state index in [4.69, 9.17) is 21.1 Å². The van der Waals surface area contributed by atoms with E-state index >= 15 is 0 Å². The number of ether oxygens (including phenoxy) is 2. The summed E-state index contributed by atoms with van der Waals surface area (Å²) in [6.07, 6.45) is 5.01. The van der Waals surface area contributed by atoms with Gasteiger partial charge in [0, 0.05) is 5.56 Å². The van der Waals surface area contributed by atoms with Crippen LogP contribution in [0.3, 0.4) is 0 Å². The minimum absolute atomic E-state index is 0.441. The highest BCUT2D eigenvalue weighted by Crippen LogP contribution is 2.26. The topological polar surface area (TPSA) is 18.5 Å². The van der Waals surface area contributed by atoms with Gasteiger partial charge in [-0.3, -0.25) is 0 Å². The Kier molecular flexibility index (Phi) is 8.60. The molecule has 0 N–H and O–H groups in total. The summed E-state index contributed by atoms with van der Waals surface area (Å²) in [5, 5.41) is 0. The van der Waals surface area contributed by atoms with Gasteiger partial charge in [-0.2, -0.15) is 0 Å². The maximum absolute atomic E-state index is 5.97. The molecule has 0 aliphatic rings. The molecule has 1 rings (SSSR count). The lowest BCUT2D eigenvalue weighted by atomic mass is 9.98. The molecular weight excluding hydrogens is 284 g/mol. The molecule has 0 spiro atoms. The van der Waals surface area contributed by atoms with Crippen molar-refractivity contribution in [2.45, 2.75) is 52.3 Å². The first-order valence-electron chi connectivity index (χ1n) is 7.92. The first-order valence-corrected chi connectivity index (χ1v) is 8.46. The van der Waals surface area contributed by atoms with Crippen LogP contribution in [0.1, 0.15) is 52.0 Å². The summed E-state index contributed by atoms with van der Waals surface area (Å²) in [4.78, 5) is 0. The SMILES string of the molecule is COc1ccc(OCCC(C)CCCC(C)C)c(CCl)c1. The molecule has 21 heavy (non-hydrogen) atoms. The highest BCUT2D eigenvalue weighted by atomic mass is 35.5. The van der Waals surface area contributed by atoms with Crippen molar-refractivity contribution < 1.29 is 9.47 Å². The van der Waals surface area contributed by atoms with Crippen LogP contribution < -0.4 is 9.47 Å². The smallest absolute Gasteiger partial charge is 0.123 e. The number of alkyl halides is 1. The van der Waals surface area contributed by atoms with Gasteiger partial charge in [0.15, 0.2) is 0 Å². The maximum Gasteiger partial charge on any atom is 0.123 e. The third kappa shape index (κ3) is 7.08. The Bertz CT molecular complexity index is 404. The summed E-state index contributed by atoms with van der Waals surface area (Å²) in [5.41, 5.74) is 0.989. The second kappa shape index (κ2) is 9.94. The molecule has 120 valence electrons. The third-order valence-corrected chi connectivity index (χ3v) is 4.05. The molecule has 0 amide bonds. The van der Waals surface area contributed by atoms with E-state index < -0.39 is 0 Å². The van der Waals surface area contributed by atoms with Crippen LogP contribution in [0.15, 0.2) is 18.2 Å². The maximum atomic E-state index is 5.97. The van der Waals surface area contributed by atoms with Gasteiger partial charge in [0.2, 0.25) is 0 Å². The van der Waals surface area contributed by atoms with Crippen LogP contribution in [-0.4, -0.2) is 13.7 Å². The zero-order valence-corrected chi connectivity index (χ0v) is 14.6. The van der Waals surface area contributed by atoms with Crippen molar-refractivity contribution in [3.8, 4) is 11.5 Å². The fourth-order valence-corrected chi connectivity index (χ4v) is 2.53. The number of rotatable bonds is 10. The monoisotopic (exact) mass is 312 g/mol. The van der Waals surface area contributed by atoms with E-state index in [2.05, 4.69) is 20.8 Å². The lowest BCUT2D eigenvalue weighted by Gasteiger charge is -2.15. The predicted octanol–water partition coefficient (Wildman–Crippen LogP) is 5.67. The van der Waals surface area contributed by atoms with Crippen molar-refractivity contribution in [3.05, 3.63) is 23.8 Å². The fraction of sp³-hybridized carbons (Fsp3) is 0.667. The molecule has 1 unspecified atom stereocenters. The summed E-state index contributed by atoms with van der Waals surface area (Å²) >= 11 is 5.97. The molecule has 0 bridgehead atoms. The molecule has 0 aromatic heterocycles. The Morgan fingerprint density at radius 3 is 2.48 bits per heavy atom. The fourth-order valence-electron chi connectivity index (χ4n) is 2.32. The van der Waals surface area contributed by atoms with Crippen LogP contribution in [0.4, 0.5) is 0 Å². The minimum atomic E-state index is 0.441. The van der Waals surface area contributed by atoms with E-state index in [1.165, 1.54) is 19.3 Å². The number of methoxy groups -OCH3 is 1. The van der Waals surface area contributed by atoms with Gasteiger partial charge in [0.1, 0.15) is 11.5 Å². The van der Waals surface area contributed by atoms with Crippen molar-refractivity contribution in [2.24, 2.45) is 11.8 Å². The third-order valence-electron chi connectivity index (χ3n) is 3.76. The van der Waals surface area contributed by atoms with E-state index in [1.807, 2.05) is 18.2 Å². The van der Waals surface area contributed by atoms with Crippen molar-refractivity contribution >= 4 is 11.6 Å². The minimum Gasteiger partial charge on any atom is -0.497 e. The Morgan fingerprint density at radius 1 is 1.10 bits per heavy atom. The molecular formula is C18H29ClO2. The standard InChI is InChI=1S/C18H29ClO2/c1-14(2)6-5-7-15(3)10-11-21-18-9-8-17(20-4)12-16(18)13-19/h8-9,12,14-15H,5-7,10-11,13H2,1-4H3. The van der Waals surface area contributed by atoms with Crippen LogP contribution in [0.2, 0.25) is 0 Å². The average molecular weight is 313 g/mol. The molecule has 0 saturated carbocycles.